The molecule has 0 atom stereocenters. The van der Waals surface area contributed by atoms with Gasteiger partial charge in [-0.05, 0) is 22.0 Å². The normalized spacial score (nSPS) is 10.8. The second kappa shape index (κ2) is 5.47. The number of nitrogens with one attached hydrogen (secondary N) is 1. The molecule has 0 aliphatic carbocycles. The van der Waals surface area contributed by atoms with Gasteiger partial charge in [0.15, 0.2) is 23.3 Å². The highest BCUT2D eigenvalue weighted by atomic mass is 79.9. The molecule has 0 saturated heterocycles. The summed E-state index contributed by atoms with van der Waals surface area (Å²) in [6.45, 7) is 0. The number of nitrogens with two attached hydrogens (primary N) is 1. The van der Waals surface area contributed by atoms with E-state index in [-0.39, 0.29) is 15.8 Å². The molecule has 2 nitrogen and oxygen atoms in total. The zero-order chi connectivity index (χ0) is 15.9. The topological polar surface area (TPSA) is 38.0 Å². The van der Waals surface area contributed by atoms with Crippen molar-refractivity contribution in [2.45, 2.75) is 0 Å². The molecule has 2 rings (SSSR count). The van der Waals surface area contributed by atoms with Gasteiger partial charge in [0.2, 0.25) is 5.82 Å². The predicted octanol–water partition coefficient (Wildman–Crippen LogP) is 4.61. The largest absolute Gasteiger partial charge is 0.397 e. The molecular weight excluding hydrogens is 366 g/mol. The van der Waals surface area contributed by atoms with Crippen molar-refractivity contribution in [3.63, 3.8) is 0 Å². The molecule has 21 heavy (non-hydrogen) atoms. The van der Waals surface area contributed by atoms with Crippen LogP contribution >= 0.6 is 15.9 Å². The second-order valence-corrected chi connectivity index (χ2v) is 4.78. The lowest BCUT2D eigenvalue weighted by atomic mass is 10.2. The lowest BCUT2D eigenvalue weighted by molar-refractivity contribution is 0.382. The highest BCUT2D eigenvalue weighted by Gasteiger charge is 2.26. The summed E-state index contributed by atoms with van der Waals surface area (Å²) in [5.74, 6) is -11.5. The molecule has 0 amide bonds. The van der Waals surface area contributed by atoms with E-state index in [1.807, 2.05) is 5.32 Å². The minimum Gasteiger partial charge on any atom is -0.397 e. The van der Waals surface area contributed by atoms with Crippen molar-refractivity contribution in [1.82, 2.24) is 0 Å². The minimum absolute atomic E-state index is 0.0250. The van der Waals surface area contributed by atoms with Crippen molar-refractivity contribution in [2.75, 3.05) is 11.1 Å². The molecule has 0 radical (unpaired) electrons. The summed E-state index contributed by atoms with van der Waals surface area (Å²) in [7, 11) is 0. The maximum absolute atomic E-state index is 13.5. The van der Waals surface area contributed by atoms with E-state index in [2.05, 4.69) is 15.9 Å². The molecule has 2 aromatic carbocycles. The number of anilines is 3. The molecule has 0 fully saturated rings. The van der Waals surface area contributed by atoms with Crippen LogP contribution in [-0.2, 0) is 0 Å². The summed E-state index contributed by atoms with van der Waals surface area (Å²) in [6.07, 6.45) is 0. The Bertz CT molecular complexity index is 705. The molecule has 2 aromatic rings. The minimum atomic E-state index is -2.29. The summed E-state index contributed by atoms with van der Waals surface area (Å²) < 4.78 is 79.2. The van der Waals surface area contributed by atoms with Gasteiger partial charge in [0, 0.05) is 6.07 Å². The molecule has 0 unspecified atom stereocenters. The van der Waals surface area contributed by atoms with Gasteiger partial charge in [-0.3, -0.25) is 0 Å². The zero-order valence-electron chi connectivity index (χ0n) is 9.88. The first kappa shape index (κ1) is 15.5. The third kappa shape index (κ3) is 2.65. The van der Waals surface area contributed by atoms with Gasteiger partial charge < -0.3 is 11.1 Å². The second-order valence-electron chi connectivity index (χ2n) is 3.92. The Hall–Kier alpha value is -1.90. The number of nitrogen functional groups attached to an aromatic ring is 1. The Morgan fingerprint density at radius 3 is 1.81 bits per heavy atom. The van der Waals surface area contributed by atoms with Crippen molar-refractivity contribution in [3.8, 4) is 0 Å². The summed E-state index contributed by atoms with van der Waals surface area (Å²) >= 11 is 2.83. The van der Waals surface area contributed by atoms with Crippen LogP contribution in [0.25, 0.3) is 0 Å². The van der Waals surface area contributed by atoms with Gasteiger partial charge in [-0.25, -0.2) is 26.3 Å². The summed E-state index contributed by atoms with van der Waals surface area (Å²) in [5.41, 5.74) is 3.65. The Balaban J connectivity index is 2.58. The third-order valence-corrected chi connectivity index (χ3v) is 3.17. The Morgan fingerprint density at radius 1 is 0.810 bits per heavy atom. The van der Waals surface area contributed by atoms with E-state index >= 15 is 0 Å². The summed E-state index contributed by atoms with van der Waals surface area (Å²) in [4.78, 5) is 0. The molecule has 3 N–H and O–H groups in total. The van der Waals surface area contributed by atoms with Crippen LogP contribution < -0.4 is 11.1 Å². The standard InChI is InChI=1S/C12H5BrF6N2/c13-3-1-5(20)6(2-4(3)14)21-12-10(18)8(16)7(15)9(17)11(12)19/h1-2,21H,20H2. The van der Waals surface area contributed by atoms with Crippen molar-refractivity contribution in [2.24, 2.45) is 0 Å². The lowest BCUT2D eigenvalue weighted by Crippen LogP contribution is -2.08. The highest BCUT2D eigenvalue weighted by molar-refractivity contribution is 9.10. The average molecular weight is 371 g/mol. The lowest BCUT2D eigenvalue weighted by Gasteiger charge is -2.13. The summed E-state index contributed by atoms with van der Waals surface area (Å²) in [6, 6.07) is 1.82. The molecule has 0 bridgehead atoms. The molecule has 0 aliphatic heterocycles. The van der Waals surface area contributed by atoms with Crippen LogP contribution in [0.3, 0.4) is 0 Å². The molecule has 0 aromatic heterocycles. The van der Waals surface area contributed by atoms with Gasteiger partial charge >= 0.3 is 0 Å². The van der Waals surface area contributed by atoms with E-state index in [0.717, 1.165) is 12.1 Å². The predicted molar refractivity (Wildman–Crippen MR) is 68.0 cm³/mol. The average Bonchev–Trinajstić information content (AvgIpc) is 2.44. The first-order chi connectivity index (χ1) is 9.73. The van der Waals surface area contributed by atoms with Crippen molar-refractivity contribution < 1.29 is 26.3 Å². The molecule has 0 spiro atoms. The fraction of sp³-hybridized carbons (Fsp3) is 0. The van der Waals surface area contributed by atoms with Crippen LogP contribution in [0.1, 0.15) is 0 Å². The SMILES string of the molecule is Nc1cc(Br)c(F)cc1Nc1c(F)c(F)c(F)c(F)c1F. The number of halogens is 7. The monoisotopic (exact) mass is 370 g/mol. The van der Waals surface area contributed by atoms with Gasteiger partial charge in [0.25, 0.3) is 0 Å². The molecule has 0 saturated carbocycles. The molecule has 9 heteroatoms. The molecule has 112 valence electrons. The number of benzene rings is 2. The van der Waals surface area contributed by atoms with Crippen LogP contribution in [0.5, 0.6) is 0 Å². The maximum Gasteiger partial charge on any atom is 0.200 e. The first-order valence-electron chi connectivity index (χ1n) is 5.27. The van der Waals surface area contributed by atoms with Gasteiger partial charge in [-0.15, -0.1) is 0 Å². The van der Waals surface area contributed by atoms with Crippen molar-refractivity contribution in [3.05, 3.63) is 51.5 Å². The highest BCUT2D eigenvalue weighted by Crippen LogP contribution is 2.33. The Kier molecular flexibility index (Phi) is 4.04. The fourth-order valence-electron chi connectivity index (χ4n) is 1.52. The first-order valence-corrected chi connectivity index (χ1v) is 6.06. The van der Waals surface area contributed by atoms with E-state index < -0.39 is 40.6 Å². The van der Waals surface area contributed by atoms with Gasteiger partial charge in [0.05, 0.1) is 15.8 Å². The number of rotatable bonds is 2. The zero-order valence-corrected chi connectivity index (χ0v) is 11.5. The molecule has 0 aliphatic rings. The van der Waals surface area contributed by atoms with Crippen LogP contribution in [0, 0.1) is 34.9 Å². The Morgan fingerprint density at radius 2 is 1.29 bits per heavy atom. The van der Waals surface area contributed by atoms with Crippen LogP contribution in [-0.4, -0.2) is 0 Å². The van der Waals surface area contributed by atoms with E-state index in [4.69, 9.17) is 5.73 Å². The van der Waals surface area contributed by atoms with Gasteiger partial charge in [0.1, 0.15) is 11.5 Å². The van der Waals surface area contributed by atoms with Gasteiger partial charge in [-0.1, -0.05) is 0 Å². The van der Waals surface area contributed by atoms with Crippen LogP contribution in [0.15, 0.2) is 16.6 Å². The van der Waals surface area contributed by atoms with E-state index in [1.165, 1.54) is 0 Å². The number of hydrogen-bond acceptors (Lipinski definition) is 2. The third-order valence-electron chi connectivity index (χ3n) is 2.56. The molecular formula is C12H5BrF6N2. The summed E-state index contributed by atoms with van der Waals surface area (Å²) in [5, 5.41) is 1.90. The van der Waals surface area contributed by atoms with Crippen molar-refractivity contribution in [1.29, 1.82) is 0 Å². The number of hydrogen-bond donors (Lipinski definition) is 2. The van der Waals surface area contributed by atoms with Gasteiger partial charge in [-0.2, -0.15) is 0 Å². The van der Waals surface area contributed by atoms with E-state index in [9.17, 15) is 26.3 Å². The Labute approximate surface area is 122 Å². The van der Waals surface area contributed by atoms with E-state index in [0.29, 0.717) is 0 Å². The van der Waals surface area contributed by atoms with Crippen LogP contribution in [0.4, 0.5) is 43.4 Å². The molecule has 0 heterocycles. The quantitative estimate of drug-likeness (QED) is 0.350. The smallest absolute Gasteiger partial charge is 0.200 e. The fourth-order valence-corrected chi connectivity index (χ4v) is 1.88. The maximum atomic E-state index is 13.5. The van der Waals surface area contributed by atoms with Crippen LogP contribution in [0.2, 0.25) is 0 Å². The van der Waals surface area contributed by atoms with Crippen molar-refractivity contribution >= 4 is 33.0 Å². The van der Waals surface area contributed by atoms with E-state index in [1.54, 1.807) is 0 Å².